The van der Waals surface area contributed by atoms with Crippen LogP contribution in [0.3, 0.4) is 0 Å². The average molecular weight is 634 g/mol. The summed E-state index contributed by atoms with van der Waals surface area (Å²) in [6, 6.07) is 19.8. The second-order valence-corrected chi connectivity index (χ2v) is 11.5. The molecule has 5 rings (SSSR count). The van der Waals surface area contributed by atoms with E-state index in [1.807, 2.05) is 73.7 Å². The zero-order valence-electron chi connectivity index (χ0n) is 25.4. The van der Waals surface area contributed by atoms with Crippen LogP contribution in [0.25, 0.3) is 6.08 Å². The van der Waals surface area contributed by atoms with E-state index in [2.05, 4.69) is 5.32 Å². The van der Waals surface area contributed by atoms with Gasteiger partial charge >= 0.3 is 12.3 Å². The molecule has 3 aromatic rings. The van der Waals surface area contributed by atoms with E-state index < -0.39 is 53.8 Å². The number of rotatable bonds is 11. The Balaban J connectivity index is 1.48. The molecule has 3 amide bonds. The Labute approximate surface area is 264 Å². The molecule has 2 fully saturated rings. The van der Waals surface area contributed by atoms with Crippen molar-refractivity contribution in [3.05, 3.63) is 113 Å². The van der Waals surface area contributed by atoms with Crippen LogP contribution in [0.1, 0.15) is 55.0 Å². The number of cyclic esters (lactones) is 1. The Morgan fingerprint density at radius 2 is 1.65 bits per heavy atom. The van der Waals surface area contributed by atoms with E-state index in [-0.39, 0.29) is 37.3 Å². The summed E-state index contributed by atoms with van der Waals surface area (Å²) in [5.74, 6) is -1.31. The molecule has 8 nitrogen and oxygen atoms in total. The van der Waals surface area contributed by atoms with Gasteiger partial charge in [-0.1, -0.05) is 78.9 Å². The molecule has 0 bridgehead atoms. The van der Waals surface area contributed by atoms with Crippen molar-refractivity contribution in [2.45, 2.75) is 63.6 Å². The first-order valence-electron chi connectivity index (χ1n) is 14.9. The van der Waals surface area contributed by atoms with Gasteiger partial charge in [0.2, 0.25) is 11.8 Å². The number of nitrogens with one attached hydrogen (secondary N) is 1. The number of Topliss-reactive ketones (excluding diaryl/α,β-unsaturated/α-hetero) is 1. The zero-order valence-corrected chi connectivity index (χ0v) is 25.4. The number of benzene rings is 3. The average Bonchev–Trinajstić information content (AvgIpc) is 3.40. The fourth-order valence-corrected chi connectivity index (χ4v) is 6.05. The molecule has 2 aliphatic heterocycles. The highest BCUT2D eigenvalue weighted by Gasteiger charge is 2.59. The Bertz CT molecular complexity index is 1630. The first-order chi connectivity index (χ1) is 22.0. The number of ether oxygens (including phenoxy) is 1. The topological polar surface area (TPSA) is 96.0 Å². The van der Waals surface area contributed by atoms with Crippen molar-refractivity contribution < 1.29 is 37.1 Å². The van der Waals surface area contributed by atoms with Crippen molar-refractivity contribution in [2.24, 2.45) is 0 Å². The van der Waals surface area contributed by atoms with Crippen LogP contribution in [-0.4, -0.2) is 58.2 Å². The largest absolute Gasteiger partial charge is 0.447 e. The number of β-lactam (4-membered cyclic amide) rings is 1. The molecule has 2 saturated heterocycles. The number of alkyl halides is 3. The third-order valence-corrected chi connectivity index (χ3v) is 8.29. The van der Waals surface area contributed by atoms with Gasteiger partial charge in [-0.05, 0) is 54.7 Å². The lowest BCUT2D eigenvalue weighted by atomic mass is 9.83. The maximum absolute atomic E-state index is 14.1. The Kier molecular flexibility index (Phi) is 9.60. The van der Waals surface area contributed by atoms with Crippen LogP contribution in [0.5, 0.6) is 0 Å². The predicted molar refractivity (Wildman–Crippen MR) is 164 cm³/mol. The number of carbonyl (C=O) groups excluding carboxylic acids is 4. The molecule has 11 heteroatoms. The Morgan fingerprint density at radius 3 is 2.30 bits per heavy atom. The molecule has 240 valence electrons. The lowest BCUT2D eigenvalue weighted by Crippen LogP contribution is -2.75. The van der Waals surface area contributed by atoms with Gasteiger partial charge in [0.05, 0.1) is 17.6 Å². The number of amides is 3. The predicted octanol–water partition coefficient (Wildman–Crippen LogP) is 5.94. The number of likely N-dealkylation sites (tertiary alicyclic amines) is 1. The third-order valence-electron chi connectivity index (χ3n) is 8.29. The summed E-state index contributed by atoms with van der Waals surface area (Å²) in [4.78, 5) is 55.9. The number of nitrogens with zero attached hydrogens (tertiary/aromatic N) is 2. The minimum Gasteiger partial charge on any atom is -0.447 e. The van der Waals surface area contributed by atoms with Gasteiger partial charge in [-0.3, -0.25) is 14.5 Å². The van der Waals surface area contributed by atoms with Crippen LogP contribution >= 0.6 is 0 Å². The lowest BCUT2D eigenvalue weighted by Gasteiger charge is -2.54. The smallest absolute Gasteiger partial charge is 0.416 e. The van der Waals surface area contributed by atoms with Crippen molar-refractivity contribution in [3.63, 3.8) is 0 Å². The fraction of sp³-hybridized carbons (Fsp3) is 0.314. The quantitative estimate of drug-likeness (QED) is 0.264. The van der Waals surface area contributed by atoms with E-state index >= 15 is 0 Å². The standard InChI is InChI=1S/C35H34F3N3O5/c1-22(18-24-10-5-3-6-11-24)30-31(41-29(21-46-34(41)45)26-13-7-4-8-14-26)33(44)40(30)28(17-16-23(2)42)32(43)39-20-25-12-9-15-27(19-25)35(36,37)38/h3-15,18-19,28-31H,16-17,20-21H2,1-2H3,(H,39,43)/t28-,29+,30?,31?/m0/s1. The van der Waals surface area contributed by atoms with Crippen molar-refractivity contribution in [1.82, 2.24) is 15.1 Å². The summed E-state index contributed by atoms with van der Waals surface area (Å²) in [6.45, 7) is 3.02. The number of hydrogen-bond donors (Lipinski definition) is 1. The lowest BCUT2D eigenvalue weighted by molar-refractivity contribution is -0.164. The van der Waals surface area contributed by atoms with Crippen LogP contribution in [0.4, 0.5) is 18.0 Å². The molecule has 0 aromatic heterocycles. The van der Waals surface area contributed by atoms with Gasteiger partial charge in [0.1, 0.15) is 24.5 Å². The zero-order chi connectivity index (χ0) is 33.0. The summed E-state index contributed by atoms with van der Waals surface area (Å²) in [6.07, 6.45) is -3.35. The molecule has 46 heavy (non-hydrogen) atoms. The molecule has 0 aliphatic carbocycles. The molecule has 0 spiro atoms. The van der Waals surface area contributed by atoms with E-state index in [4.69, 9.17) is 4.74 Å². The van der Waals surface area contributed by atoms with E-state index in [0.717, 1.165) is 23.3 Å². The van der Waals surface area contributed by atoms with Gasteiger partial charge in [-0.25, -0.2) is 4.79 Å². The van der Waals surface area contributed by atoms with Gasteiger partial charge in [0, 0.05) is 13.0 Å². The molecule has 2 heterocycles. The molecule has 2 unspecified atom stereocenters. The van der Waals surface area contributed by atoms with Gasteiger partial charge in [-0.2, -0.15) is 13.2 Å². The van der Waals surface area contributed by atoms with Crippen LogP contribution in [-0.2, 0) is 31.8 Å². The van der Waals surface area contributed by atoms with Gasteiger partial charge < -0.3 is 19.7 Å². The van der Waals surface area contributed by atoms with Crippen LogP contribution in [0.15, 0.2) is 90.5 Å². The van der Waals surface area contributed by atoms with E-state index in [1.54, 1.807) is 0 Å². The summed E-state index contributed by atoms with van der Waals surface area (Å²) in [5.41, 5.74) is 1.70. The number of carbonyl (C=O) groups is 4. The van der Waals surface area contributed by atoms with E-state index in [9.17, 15) is 32.3 Å². The highest BCUT2D eigenvalue weighted by Crippen LogP contribution is 2.41. The second-order valence-electron chi connectivity index (χ2n) is 11.5. The number of ketones is 1. The van der Waals surface area contributed by atoms with Crippen LogP contribution in [0.2, 0.25) is 0 Å². The first-order valence-corrected chi connectivity index (χ1v) is 14.9. The Hall–Kier alpha value is -4.93. The van der Waals surface area contributed by atoms with Crippen molar-refractivity contribution in [2.75, 3.05) is 6.61 Å². The summed E-state index contributed by atoms with van der Waals surface area (Å²) in [7, 11) is 0. The minimum atomic E-state index is -4.55. The number of halogens is 3. The van der Waals surface area contributed by atoms with Gasteiger partial charge in [0.25, 0.3) is 0 Å². The molecule has 1 N–H and O–H groups in total. The maximum atomic E-state index is 14.1. The Morgan fingerprint density at radius 1 is 0.978 bits per heavy atom. The third kappa shape index (κ3) is 6.98. The second kappa shape index (κ2) is 13.6. The van der Waals surface area contributed by atoms with Gasteiger partial charge in [0.15, 0.2) is 0 Å². The summed E-state index contributed by atoms with van der Waals surface area (Å²) >= 11 is 0. The van der Waals surface area contributed by atoms with Crippen LogP contribution < -0.4 is 5.32 Å². The van der Waals surface area contributed by atoms with Crippen LogP contribution in [0, 0.1) is 0 Å². The molecule has 2 aliphatic rings. The highest BCUT2D eigenvalue weighted by molar-refractivity contribution is 5.98. The normalized spacial score (nSPS) is 20.6. The highest BCUT2D eigenvalue weighted by atomic mass is 19.4. The molecule has 0 saturated carbocycles. The van der Waals surface area contributed by atoms with Crippen molar-refractivity contribution >= 4 is 29.8 Å². The van der Waals surface area contributed by atoms with Crippen molar-refractivity contribution in [1.29, 1.82) is 0 Å². The fourth-order valence-electron chi connectivity index (χ4n) is 6.05. The maximum Gasteiger partial charge on any atom is 0.416 e. The minimum absolute atomic E-state index is 0.0100. The van der Waals surface area contributed by atoms with Gasteiger partial charge in [-0.15, -0.1) is 0 Å². The van der Waals surface area contributed by atoms with E-state index in [0.29, 0.717) is 5.57 Å². The molecule has 3 aromatic carbocycles. The summed E-state index contributed by atoms with van der Waals surface area (Å²) < 4.78 is 45.2. The number of hydrogen-bond acceptors (Lipinski definition) is 5. The molecule has 4 atom stereocenters. The molecular weight excluding hydrogens is 599 g/mol. The van der Waals surface area contributed by atoms with Crippen molar-refractivity contribution in [3.8, 4) is 0 Å². The first kappa shape index (κ1) is 32.5. The molecule has 0 radical (unpaired) electrons. The SMILES string of the molecule is CC(=O)CC[C@@H](C(=O)NCc1cccc(C(F)(F)F)c1)N1C(=O)C(N2C(=O)OC[C@@H]2c2ccccc2)C1C(C)=Cc1ccccc1. The molecular formula is C35H34F3N3O5. The van der Waals surface area contributed by atoms with E-state index in [1.165, 1.54) is 28.9 Å². The monoisotopic (exact) mass is 633 g/mol. The summed E-state index contributed by atoms with van der Waals surface area (Å²) in [5, 5.41) is 2.67.